The monoisotopic (exact) mass is 585 g/mol. The van der Waals surface area contributed by atoms with Crippen molar-refractivity contribution in [2.75, 3.05) is 29.9 Å². The topological polar surface area (TPSA) is 88.0 Å². The summed E-state index contributed by atoms with van der Waals surface area (Å²) < 4.78 is 7.43. The Morgan fingerprint density at radius 1 is 1.02 bits per heavy atom. The van der Waals surface area contributed by atoms with E-state index in [9.17, 15) is 14.4 Å². The van der Waals surface area contributed by atoms with Gasteiger partial charge in [-0.25, -0.2) is 9.78 Å². The fourth-order valence-corrected chi connectivity index (χ4v) is 5.97. The Balaban J connectivity index is 1.23. The van der Waals surface area contributed by atoms with Gasteiger partial charge in [-0.05, 0) is 69.7 Å². The molecule has 10 heteroatoms. The number of hydrogen-bond acceptors (Lipinski definition) is 6. The number of fused-ring (bicyclic) bond motifs is 3. The van der Waals surface area contributed by atoms with Gasteiger partial charge in [0.15, 0.2) is 0 Å². The molecular formula is C32H32ClN5O4. The molecule has 2 saturated heterocycles. The number of pyridine rings is 2. The number of carbonyl (C=O) groups excluding carboxylic acids is 2. The Hall–Kier alpha value is -4.37. The van der Waals surface area contributed by atoms with Crippen molar-refractivity contribution in [1.29, 1.82) is 0 Å². The zero-order valence-electron chi connectivity index (χ0n) is 24.0. The smallest absolute Gasteiger partial charge is 0.410 e. The van der Waals surface area contributed by atoms with Gasteiger partial charge in [0.05, 0.1) is 23.2 Å². The molecule has 42 heavy (non-hydrogen) atoms. The number of rotatable bonds is 4. The van der Waals surface area contributed by atoms with Gasteiger partial charge in [0.1, 0.15) is 17.1 Å². The first-order valence-electron chi connectivity index (χ1n) is 13.9. The second-order valence-corrected chi connectivity index (χ2v) is 12.2. The van der Waals surface area contributed by atoms with Crippen LogP contribution in [0.25, 0.3) is 16.6 Å². The molecule has 2 aromatic carbocycles. The molecule has 2 aliphatic rings. The lowest BCUT2D eigenvalue weighted by Gasteiger charge is -2.35. The number of anilines is 2. The van der Waals surface area contributed by atoms with E-state index in [-0.39, 0.29) is 35.2 Å². The minimum atomic E-state index is -0.537. The molecular weight excluding hydrogens is 554 g/mol. The number of aromatic nitrogens is 2. The van der Waals surface area contributed by atoms with Crippen molar-refractivity contribution in [1.82, 2.24) is 14.5 Å². The Morgan fingerprint density at radius 2 is 1.79 bits per heavy atom. The zero-order chi connectivity index (χ0) is 29.8. The first kappa shape index (κ1) is 27.8. The van der Waals surface area contributed by atoms with Crippen LogP contribution in [0.15, 0.2) is 77.9 Å². The van der Waals surface area contributed by atoms with Crippen molar-refractivity contribution in [2.24, 2.45) is 0 Å². The summed E-state index contributed by atoms with van der Waals surface area (Å²) in [5.41, 5.74) is 1.29. The van der Waals surface area contributed by atoms with Crippen molar-refractivity contribution >= 4 is 46.0 Å². The maximum Gasteiger partial charge on any atom is 0.410 e. The van der Waals surface area contributed by atoms with E-state index in [0.717, 1.165) is 17.9 Å². The molecule has 4 heterocycles. The van der Waals surface area contributed by atoms with Gasteiger partial charge < -0.3 is 24.0 Å². The lowest BCUT2D eigenvalue weighted by Crippen LogP contribution is -2.50. The van der Waals surface area contributed by atoms with Gasteiger partial charge in [-0.2, -0.15) is 0 Å². The third kappa shape index (κ3) is 5.09. The van der Waals surface area contributed by atoms with Gasteiger partial charge in [-0.15, -0.1) is 0 Å². The van der Waals surface area contributed by atoms with E-state index in [1.165, 1.54) is 4.90 Å². The van der Waals surface area contributed by atoms with E-state index in [1.807, 2.05) is 61.7 Å². The number of piperazine rings is 1. The highest BCUT2D eigenvalue weighted by atomic mass is 35.5. The van der Waals surface area contributed by atoms with Crippen LogP contribution in [0.1, 0.15) is 37.6 Å². The van der Waals surface area contributed by atoms with E-state index in [0.29, 0.717) is 34.6 Å². The summed E-state index contributed by atoms with van der Waals surface area (Å²) >= 11 is 6.27. The molecule has 2 bridgehead atoms. The summed E-state index contributed by atoms with van der Waals surface area (Å²) in [6.45, 7) is 6.83. The van der Waals surface area contributed by atoms with Crippen molar-refractivity contribution in [3.05, 3.63) is 93.9 Å². The molecule has 2 aromatic heterocycles. The normalized spacial score (nSPS) is 18.0. The van der Waals surface area contributed by atoms with Gasteiger partial charge in [0.2, 0.25) is 5.43 Å². The number of para-hydroxylation sites is 1. The molecule has 9 nitrogen and oxygen atoms in total. The van der Waals surface area contributed by atoms with E-state index >= 15 is 0 Å². The molecule has 0 saturated carbocycles. The molecule has 2 atom stereocenters. The molecule has 6 rings (SSSR count). The van der Waals surface area contributed by atoms with Crippen molar-refractivity contribution < 1.29 is 14.3 Å². The predicted octanol–water partition coefficient (Wildman–Crippen LogP) is 5.51. The summed E-state index contributed by atoms with van der Waals surface area (Å²) in [6, 6.07) is 18.5. The number of halogens is 1. The Bertz CT molecular complexity index is 1730. The average molecular weight is 586 g/mol. The zero-order valence-corrected chi connectivity index (χ0v) is 24.7. The number of likely N-dealkylation sites (tertiary alicyclic amines) is 1. The summed E-state index contributed by atoms with van der Waals surface area (Å²) in [5, 5.41) is 0.970. The summed E-state index contributed by atoms with van der Waals surface area (Å²) in [6.07, 6.45) is 3.79. The molecule has 0 spiro atoms. The third-order valence-corrected chi connectivity index (χ3v) is 8.04. The number of amides is 2. The molecule has 0 N–H and O–H groups in total. The summed E-state index contributed by atoms with van der Waals surface area (Å²) in [5.74, 6) is 0.401. The second-order valence-electron chi connectivity index (χ2n) is 11.8. The van der Waals surface area contributed by atoms with Gasteiger partial charge in [0.25, 0.3) is 5.91 Å². The molecule has 0 radical (unpaired) electrons. The van der Waals surface area contributed by atoms with Gasteiger partial charge in [-0.1, -0.05) is 29.8 Å². The van der Waals surface area contributed by atoms with Crippen molar-refractivity contribution in [3.8, 4) is 5.69 Å². The summed E-state index contributed by atoms with van der Waals surface area (Å²) in [4.78, 5) is 49.7. The first-order chi connectivity index (χ1) is 20.0. The highest BCUT2D eigenvalue weighted by Gasteiger charge is 2.47. The van der Waals surface area contributed by atoms with Crippen LogP contribution in [0, 0.1) is 0 Å². The highest BCUT2D eigenvalue weighted by Crippen LogP contribution is 2.35. The number of nitrogens with zero attached hydrogens (tertiary/aromatic N) is 5. The number of hydrogen-bond donors (Lipinski definition) is 0. The Labute approximate surface area is 248 Å². The maximum absolute atomic E-state index is 13.6. The van der Waals surface area contributed by atoms with Gasteiger partial charge >= 0.3 is 6.09 Å². The minimum Gasteiger partial charge on any atom is -0.444 e. The Morgan fingerprint density at radius 3 is 2.43 bits per heavy atom. The number of ether oxygens (including phenoxy) is 1. The standard InChI is InChI=1S/C32H32ClN5O4/c1-32(2,3)42-31(41)38-18-23-15-24(38)17-37(23)28-13-10-20(16-34-28)30(40)35(4)27-19-36(22-8-6-5-7-9-22)26-14-21(33)11-12-25(26)29(27)39/h5-14,16,19,23-24H,15,17-18H2,1-4H3. The maximum atomic E-state index is 13.6. The van der Waals surface area contributed by atoms with Gasteiger partial charge in [-0.3, -0.25) is 9.59 Å². The van der Waals surface area contributed by atoms with Crippen LogP contribution < -0.4 is 15.2 Å². The number of carbonyl (C=O) groups is 2. The van der Waals surface area contributed by atoms with E-state index < -0.39 is 5.60 Å². The highest BCUT2D eigenvalue weighted by molar-refractivity contribution is 6.31. The van der Waals surface area contributed by atoms with Crippen molar-refractivity contribution in [2.45, 2.75) is 44.9 Å². The van der Waals surface area contributed by atoms with Crippen LogP contribution in [-0.4, -0.2) is 64.3 Å². The lowest BCUT2D eigenvalue weighted by atomic mass is 10.1. The molecule has 216 valence electrons. The lowest BCUT2D eigenvalue weighted by molar-refractivity contribution is 0.0214. The predicted molar refractivity (Wildman–Crippen MR) is 164 cm³/mol. The molecule has 2 amide bonds. The van der Waals surface area contributed by atoms with E-state index in [4.69, 9.17) is 16.3 Å². The van der Waals surface area contributed by atoms with Crippen LogP contribution in [0.5, 0.6) is 0 Å². The van der Waals surface area contributed by atoms with Crippen LogP contribution in [0.3, 0.4) is 0 Å². The van der Waals surface area contributed by atoms with E-state index in [1.54, 1.807) is 48.6 Å². The van der Waals surface area contributed by atoms with Crippen LogP contribution in [0.4, 0.5) is 16.3 Å². The molecule has 0 aliphatic carbocycles. The van der Waals surface area contributed by atoms with Crippen LogP contribution >= 0.6 is 11.6 Å². The minimum absolute atomic E-state index is 0.0636. The molecule has 2 aliphatic heterocycles. The first-order valence-corrected chi connectivity index (χ1v) is 14.3. The molecule has 2 unspecified atom stereocenters. The van der Waals surface area contributed by atoms with Crippen LogP contribution in [0.2, 0.25) is 5.02 Å². The van der Waals surface area contributed by atoms with Crippen LogP contribution in [-0.2, 0) is 4.74 Å². The average Bonchev–Trinajstić information content (AvgIpc) is 3.58. The summed E-state index contributed by atoms with van der Waals surface area (Å²) in [7, 11) is 1.59. The molecule has 2 fully saturated rings. The van der Waals surface area contributed by atoms with Gasteiger partial charge in [0, 0.05) is 48.6 Å². The fraction of sp³-hybridized carbons (Fsp3) is 0.312. The third-order valence-electron chi connectivity index (χ3n) is 7.81. The SMILES string of the molecule is CN(C(=O)c1ccc(N2CC3CC2CN3C(=O)OC(C)(C)C)nc1)c1cn(-c2ccccc2)c2cc(Cl)ccc2c1=O. The van der Waals surface area contributed by atoms with Crippen molar-refractivity contribution in [3.63, 3.8) is 0 Å². The molecule has 4 aromatic rings. The quantitative estimate of drug-likeness (QED) is 0.314. The van der Waals surface area contributed by atoms with E-state index in [2.05, 4.69) is 9.88 Å². The Kier molecular flexibility index (Phi) is 6.93. The number of benzene rings is 2. The largest absolute Gasteiger partial charge is 0.444 e. The fourth-order valence-electron chi connectivity index (χ4n) is 5.80. The second kappa shape index (κ2) is 10.5.